The second kappa shape index (κ2) is 7.95. The fourth-order valence-corrected chi connectivity index (χ4v) is 10.7. The van der Waals surface area contributed by atoms with E-state index >= 15 is 0 Å². The van der Waals surface area contributed by atoms with Crippen molar-refractivity contribution in [3.8, 4) is 0 Å². The van der Waals surface area contributed by atoms with Crippen molar-refractivity contribution in [1.29, 1.82) is 0 Å². The van der Waals surface area contributed by atoms with Crippen LogP contribution >= 0.6 is 0 Å². The molecular weight excluding hydrogens is 607 g/mol. The van der Waals surface area contributed by atoms with Gasteiger partial charge in [0.05, 0.1) is 0 Å². The monoisotopic (exact) mass is 628 g/mol. The molecule has 6 aromatic rings. The molecule has 5 heteroatoms. The Bertz CT molecular complexity index is 2280. The van der Waals surface area contributed by atoms with E-state index in [4.69, 9.17) is 9.98 Å². The van der Waals surface area contributed by atoms with E-state index in [0.717, 1.165) is 22.8 Å². The predicted molar refractivity (Wildman–Crippen MR) is 170 cm³/mol. The summed E-state index contributed by atoms with van der Waals surface area (Å²) >= 11 is -1.49. The summed E-state index contributed by atoms with van der Waals surface area (Å²) in [6.45, 7) is 0. The van der Waals surface area contributed by atoms with Crippen LogP contribution < -0.4 is 10.7 Å². The van der Waals surface area contributed by atoms with Gasteiger partial charge in [0.15, 0.2) is 0 Å². The average molecular weight is 627 g/mol. The molecule has 4 aliphatic rings. The van der Waals surface area contributed by atoms with Crippen LogP contribution in [-0.4, -0.2) is 38.7 Å². The summed E-state index contributed by atoms with van der Waals surface area (Å²) in [4.78, 5) is 10.5. The molecule has 0 fully saturated rings. The van der Waals surface area contributed by atoms with Crippen molar-refractivity contribution < 1.29 is 0 Å². The van der Waals surface area contributed by atoms with Gasteiger partial charge in [0, 0.05) is 0 Å². The van der Waals surface area contributed by atoms with E-state index in [9.17, 15) is 0 Å². The molecule has 4 nitrogen and oxygen atoms in total. The number of nitrogens with zero attached hydrogens (tertiary/aromatic N) is 4. The molecule has 6 heterocycles. The third kappa shape index (κ3) is 2.95. The maximum absolute atomic E-state index is 5.27. The molecule has 0 spiro atoms. The summed E-state index contributed by atoms with van der Waals surface area (Å²) < 4.78 is 5.26. The summed E-state index contributed by atoms with van der Waals surface area (Å²) in [5.41, 5.74) is 11.4. The molecule has 0 saturated carbocycles. The van der Waals surface area contributed by atoms with Gasteiger partial charge in [-0.3, -0.25) is 0 Å². The van der Waals surface area contributed by atoms with Gasteiger partial charge >= 0.3 is 247 Å². The van der Waals surface area contributed by atoms with E-state index in [1.54, 1.807) is 0 Å². The SMILES string of the molecule is C1=C2N=C(C=c3c4ccccc4c4[n]3[Sn][n]3c1c1ccccc1c3C=C1N=C(C=4)c3ccccc31)c1ccccc12. The Balaban J connectivity index is 1.48. The average Bonchev–Trinajstić information content (AvgIpc) is 3.72. The third-order valence-electron chi connectivity index (χ3n) is 8.66. The first kappa shape index (κ1) is 22.1. The number of aromatic nitrogens is 2. The molecule has 41 heavy (non-hydrogen) atoms. The summed E-state index contributed by atoms with van der Waals surface area (Å²) in [6, 6.07) is 35.0. The van der Waals surface area contributed by atoms with Crippen molar-refractivity contribution in [3.63, 3.8) is 0 Å². The first-order valence-corrected chi connectivity index (χ1v) is 16.4. The zero-order valence-corrected chi connectivity index (χ0v) is 24.7. The van der Waals surface area contributed by atoms with Crippen LogP contribution in [0.1, 0.15) is 33.6 Å². The van der Waals surface area contributed by atoms with Crippen LogP contribution in [-0.2, 0) is 0 Å². The first-order chi connectivity index (χ1) is 20.3. The van der Waals surface area contributed by atoms with Gasteiger partial charge in [0.25, 0.3) is 0 Å². The summed E-state index contributed by atoms with van der Waals surface area (Å²) in [5, 5.41) is 7.52. The second-order valence-corrected chi connectivity index (χ2v) is 14.0. The molecule has 188 valence electrons. The third-order valence-corrected chi connectivity index (χ3v) is 12.5. The molecular formula is C36H20N4Sn. The topological polar surface area (TPSA) is 34.6 Å². The predicted octanol–water partition coefficient (Wildman–Crippen LogP) is 5.72. The zero-order valence-electron chi connectivity index (χ0n) is 21.8. The van der Waals surface area contributed by atoms with Crippen LogP contribution in [0.5, 0.6) is 0 Å². The molecule has 0 aliphatic carbocycles. The van der Waals surface area contributed by atoms with Crippen molar-refractivity contribution in [1.82, 2.24) is 5.58 Å². The molecule has 0 N–H and O–H groups in total. The molecule has 0 unspecified atom stereocenters. The molecule has 0 amide bonds. The number of aliphatic imine (C=N–C) groups is 2. The van der Waals surface area contributed by atoms with E-state index in [1.165, 1.54) is 65.9 Å². The zero-order chi connectivity index (χ0) is 26.7. The number of hydrogen-bond donors (Lipinski definition) is 0. The van der Waals surface area contributed by atoms with Crippen LogP contribution in [0.3, 0.4) is 0 Å². The van der Waals surface area contributed by atoms with Gasteiger partial charge in [0.2, 0.25) is 0 Å². The van der Waals surface area contributed by atoms with Crippen molar-refractivity contribution in [2.75, 3.05) is 0 Å². The van der Waals surface area contributed by atoms with E-state index in [2.05, 4.69) is 127 Å². The molecule has 4 aliphatic heterocycles. The van der Waals surface area contributed by atoms with Gasteiger partial charge in [-0.15, -0.1) is 0 Å². The van der Waals surface area contributed by atoms with E-state index in [0.29, 0.717) is 0 Å². The van der Waals surface area contributed by atoms with Crippen LogP contribution in [0.2, 0.25) is 0 Å². The second-order valence-electron chi connectivity index (χ2n) is 10.8. The Morgan fingerprint density at radius 2 is 0.829 bits per heavy atom. The minimum absolute atomic E-state index is 1.03. The standard InChI is InChI=1S/C36H20N4.Sn/c1-2-10-22-21(9-1)29-17-31-23-11-3-4-12-24(23)33(38-31)19-35-27-15-7-8-16-28(27)36(40-35)20-34-26-14-6-5-13-25(26)32(39-34)18-30(22)37-29;/h1-20H;/q-2;+2. The Hall–Kier alpha value is -4.68. The number of benzene rings is 4. The number of hydrogen-bond acceptors (Lipinski definition) is 2. The Morgan fingerprint density at radius 1 is 0.415 bits per heavy atom. The van der Waals surface area contributed by atoms with Crippen LogP contribution in [0.25, 0.3) is 57.2 Å². The van der Waals surface area contributed by atoms with Crippen molar-refractivity contribution in [2.24, 2.45) is 9.98 Å². The maximum atomic E-state index is 5.27. The van der Waals surface area contributed by atoms with E-state index in [-0.39, 0.29) is 0 Å². The first-order valence-electron chi connectivity index (χ1n) is 13.9. The summed E-state index contributed by atoms with van der Waals surface area (Å²) in [7, 11) is 0. The number of fused-ring (bicyclic) bond motifs is 14. The fraction of sp³-hybridized carbons (Fsp3) is 0. The Labute approximate surface area is 246 Å². The van der Waals surface area contributed by atoms with Gasteiger partial charge in [-0.2, -0.15) is 0 Å². The summed E-state index contributed by atoms with van der Waals surface area (Å²) in [5.74, 6) is 0. The number of rotatable bonds is 0. The van der Waals surface area contributed by atoms with Gasteiger partial charge in [-0.25, -0.2) is 0 Å². The van der Waals surface area contributed by atoms with Crippen LogP contribution in [0.4, 0.5) is 0 Å². The summed E-state index contributed by atoms with van der Waals surface area (Å²) in [6.07, 6.45) is 9.30. The quantitative estimate of drug-likeness (QED) is 0.194. The van der Waals surface area contributed by atoms with E-state index < -0.39 is 21.7 Å². The molecule has 2 aromatic heterocycles. The van der Waals surface area contributed by atoms with Crippen LogP contribution in [0.15, 0.2) is 107 Å². The van der Waals surface area contributed by atoms with E-state index in [1.807, 2.05) is 0 Å². The van der Waals surface area contributed by atoms with Crippen LogP contribution in [0, 0.1) is 0 Å². The molecule has 4 aromatic carbocycles. The van der Waals surface area contributed by atoms with Gasteiger partial charge in [-0.05, 0) is 0 Å². The van der Waals surface area contributed by atoms with Gasteiger partial charge < -0.3 is 0 Å². The Kier molecular flexibility index (Phi) is 4.28. The minimum atomic E-state index is -1.49. The Morgan fingerprint density at radius 3 is 1.32 bits per heavy atom. The molecule has 2 radical (unpaired) electrons. The molecule has 0 saturated heterocycles. The normalized spacial score (nSPS) is 15.7. The fourth-order valence-electron chi connectivity index (χ4n) is 6.80. The van der Waals surface area contributed by atoms with Crippen molar-refractivity contribution >= 4 is 90.4 Å². The van der Waals surface area contributed by atoms with Crippen molar-refractivity contribution in [2.45, 2.75) is 0 Å². The molecule has 0 atom stereocenters. The molecule has 6 bridgehead atoms. The van der Waals surface area contributed by atoms with Crippen molar-refractivity contribution in [3.05, 3.63) is 141 Å². The van der Waals surface area contributed by atoms with Gasteiger partial charge in [0.1, 0.15) is 0 Å². The van der Waals surface area contributed by atoms with Gasteiger partial charge in [-0.1, -0.05) is 0 Å². The molecule has 10 rings (SSSR count).